The molecule has 0 aliphatic carbocycles. The second-order valence-corrected chi connectivity index (χ2v) is 6.77. The van der Waals surface area contributed by atoms with Crippen LogP contribution in [0.2, 0.25) is 0 Å². The Labute approximate surface area is 148 Å². The van der Waals surface area contributed by atoms with Gasteiger partial charge < -0.3 is 14.1 Å². The van der Waals surface area contributed by atoms with E-state index in [-0.39, 0.29) is 0 Å². The topological polar surface area (TPSA) is 38.5 Å². The number of rotatable bonds is 4. The zero-order chi connectivity index (χ0) is 17.4. The highest BCUT2D eigenvalue weighted by molar-refractivity contribution is 5.80. The normalized spacial score (nSPS) is 16.9. The van der Waals surface area contributed by atoms with E-state index in [0.717, 1.165) is 41.7 Å². The van der Waals surface area contributed by atoms with Crippen LogP contribution in [0, 0.1) is 0 Å². The number of anilines is 1. The molecule has 0 saturated heterocycles. The molecule has 0 bridgehead atoms. The fourth-order valence-electron chi connectivity index (χ4n) is 3.50. The molecule has 4 nitrogen and oxygen atoms in total. The minimum absolute atomic E-state index is 0.543. The van der Waals surface area contributed by atoms with Gasteiger partial charge in [-0.05, 0) is 50.5 Å². The maximum absolute atomic E-state index is 6.19. The summed E-state index contributed by atoms with van der Waals surface area (Å²) in [4.78, 5) is 7.02. The van der Waals surface area contributed by atoms with Crippen LogP contribution in [0.5, 0.6) is 5.75 Å². The van der Waals surface area contributed by atoms with Crippen molar-refractivity contribution in [3.63, 3.8) is 0 Å². The fourth-order valence-corrected chi connectivity index (χ4v) is 3.50. The minimum Gasteiger partial charge on any atom is -0.492 e. The molecule has 0 fully saturated rings. The van der Waals surface area contributed by atoms with Crippen molar-refractivity contribution in [2.45, 2.75) is 39.2 Å². The third-order valence-electron chi connectivity index (χ3n) is 5.06. The highest BCUT2D eigenvalue weighted by Crippen LogP contribution is 2.42. The fraction of sp³-hybridized carbons (Fsp3) is 0.381. The molecule has 0 radical (unpaired) electrons. The Kier molecular flexibility index (Phi) is 4.12. The van der Waals surface area contributed by atoms with E-state index in [1.807, 2.05) is 24.3 Å². The number of ether oxygens (including phenoxy) is 1. The van der Waals surface area contributed by atoms with E-state index in [4.69, 9.17) is 9.15 Å². The molecule has 1 aromatic heterocycles. The predicted molar refractivity (Wildman–Crippen MR) is 101 cm³/mol. The molecular formula is C21H24N2O2. The van der Waals surface area contributed by atoms with E-state index in [0.29, 0.717) is 18.5 Å². The number of hydrogen-bond donors (Lipinski definition) is 0. The second kappa shape index (κ2) is 6.43. The van der Waals surface area contributed by atoms with Crippen LogP contribution < -0.4 is 9.64 Å². The van der Waals surface area contributed by atoms with Crippen LogP contribution in [0.4, 0.5) is 5.69 Å². The van der Waals surface area contributed by atoms with Gasteiger partial charge in [0.1, 0.15) is 11.3 Å². The zero-order valence-electron chi connectivity index (χ0n) is 15.1. The third kappa shape index (κ3) is 2.76. The monoisotopic (exact) mass is 336 g/mol. The summed E-state index contributed by atoms with van der Waals surface area (Å²) < 4.78 is 12.2. The van der Waals surface area contributed by atoms with Crippen molar-refractivity contribution >= 4 is 16.8 Å². The molecule has 0 amide bonds. The molecule has 4 rings (SSSR count). The highest BCUT2D eigenvalue weighted by atomic mass is 16.5. The molecule has 25 heavy (non-hydrogen) atoms. The van der Waals surface area contributed by atoms with Crippen LogP contribution in [-0.2, 0) is 6.42 Å². The molecule has 4 heteroatoms. The van der Waals surface area contributed by atoms with Gasteiger partial charge in [-0.15, -0.1) is 0 Å². The van der Waals surface area contributed by atoms with E-state index in [2.05, 4.69) is 42.9 Å². The lowest BCUT2D eigenvalue weighted by atomic mass is 9.94. The summed E-state index contributed by atoms with van der Waals surface area (Å²) in [6.45, 7) is 5.09. The summed E-state index contributed by atoms with van der Waals surface area (Å²) in [6, 6.07) is 12.7. The summed E-state index contributed by atoms with van der Waals surface area (Å²) in [5.74, 6) is 1.57. The summed E-state index contributed by atoms with van der Waals surface area (Å²) >= 11 is 0. The first-order chi connectivity index (χ1) is 12.2. The number of nitrogens with zero attached hydrogens (tertiary/aromatic N) is 2. The summed E-state index contributed by atoms with van der Waals surface area (Å²) in [7, 11) is 2.16. The van der Waals surface area contributed by atoms with Gasteiger partial charge in [0, 0.05) is 24.3 Å². The maximum Gasteiger partial charge on any atom is 0.231 e. The molecule has 1 aliphatic rings. The van der Waals surface area contributed by atoms with E-state index < -0.39 is 0 Å². The average molecular weight is 336 g/mol. The van der Waals surface area contributed by atoms with Crippen LogP contribution in [0.3, 0.4) is 0 Å². The number of benzene rings is 2. The Morgan fingerprint density at radius 3 is 2.88 bits per heavy atom. The largest absolute Gasteiger partial charge is 0.492 e. The summed E-state index contributed by atoms with van der Waals surface area (Å²) in [5, 5.41) is 0. The number of para-hydroxylation sites is 2. The van der Waals surface area contributed by atoms with E-state index in [1.165, 1.54) is 11.3 Å². The Hall–Kier alpha value is -2.49. The second-order valence-electron chi connectivity index (χ2n) is 6.77. The maximum atomic E-state index is 6.19. The smallest absolute Gasteiger partial charge is 0.231 e. The van der Waals surface area contributed by atoms with Gasteiger partial charge >= 0.3 is 0 Å². The molecule has 2 heterocycles. The van der Waals surface area contributed by atoms with Gasteiger partial charge in [0.15, 0.2) is 5.58 Å². The summed E-state index contributed by atoms with van der Waals surface area (Å²) in [6.07, 6.45) is 3.12. The average Bonchev–Trinajstić information content (AvgIpc) is 3.06. The Morgan fingerprint density at radius 1 is 1.24 bits per heavy atom. The van der Waals surface area contributed by atoms with Crippen molar-refractivity contribution in [1.82, 2.24) is 4.98 Å². The van der Waals surface area contributed by atoms with Crippen molar-refractivity contribution in [3.8, 4) is 17.2 Å². The number of oxazole rings is 1. The van der Waals surface area contributed by atoms with Crippen LogP contribution >= 0.6 is 0 Å². The van der Waals surface area contributed by atoms with Gasteiger partial charge in [-0.25, -0.2) is 4.98 Å². The van der Waals surface area contributed by atoms with Crippen molar-refractivity contribution < 1.29 is 9.15 Å². The SMILES string of the molecule is CCCOc1c(-c2nc3ccccc3o2)ccc2c1CCC(C)N2C. The standard InChI is InChI=1S/C21H24N2O2/c1-4-13-24-20-15-10-9-14(2)23(3)18(15)12-11-16(20)21-22-17-7-5-6-8-19(17)25-21/h5-8,11-12,14H,4,9-10,13H2,1-3H3. The molecule has 0 saturated carbocycles. The molecule has 2 aromatic carbocycles. The van der Waals surface area contributed by atoms with Gasteiger partial charge in [0.25, 0.3) is 0 Å². The van der Waals surface area contributed by atoms with Crippen LogP contribution in [0.1, 0.15) is 32.3 Å². The number of hydrogen-bond acceptors (Lipinski definition) is 4. The molecule has 1 aliphatic heterocycles. The van der Waals surface area contributed by atoms with Crippen molar-refractivity contribution in [3.05, 3.63) is 42.0 Å². The lowest BCUT2D eigenvalue weighted by molar-refractivity contribution is 0.313. The van der Waals surface area contributed by atoms with Crippen LogP contribution in [-0.4, -0.2) is 24.7 Å². The number of fused-ring (bicyclic) bond motifs is 2. The van der Waals surface area contributed by atoms with Crippen LogP contribution in [0.25, 0.3) is 22.6 Å². The highest BCUT2D eigenvalue weighted by Gasteiger charge is 2.26. The molecule has 3 aromatic rings. The van der Waals surface area contributed by atoms with E-state index >= 15 is 0 Å². The molecular weight excluding hydrogens is 312 g/mol. The predicted octanol–water partition coefficient (Wildman–Crippen LogP) is 5.05. The van der Waals surface area contributed by atoms with Gasteiger partial charge in [-0.3, -0.25) is 0 Å². The van der Waals surface area contributed by atoms with E-state index in [9.17, 15) is 0 Å². The molecule has 130 valence electrons. The number of aromatic nitrogens is 1. The minimum atomic E-state index is 0.543. The van der Waals surface area contributed by atoms with Gasteiger partial charge in [-0.2, -0.15) is 0 Å². The molecule has 1 unspecified atom stereocenters. The van der Waals surface area contributed by atoms with Crippen molar-refractivity contribution in [2.24, 2.45) is 0 Å². The van der Waals surface area contributed by atoms with Gasteiger partial charge in [-0.1, -0.05) is 19.1 Å². The van der Waals surface area contributed by atoms with E-state index in [1.54, 1.807) is 0 Å². The first-order valence-corrected chi connectivity index (χ1v) is 9.06. The molecule has 0 N–H and O–H groups in total. The molecule has 1 atom stereocenters. The van der Waals surface area contributed by atoms with Crippen LogP contribution in [0.15, 0.2) is 40.8 Å². The van der Waals surface area contributed by atoms with Gasteiger partial charge in [0.2, 0.25) is 5.89 Å². The third-order valence-corrected chi connectivity index (χ3v) is 5.06. The quantitative estimate of drug-likeness (QED) is 0.668. The lowest BCUT2D eigenvalue weighted by Gasteiger charge is -2.35. The Balaban J connectivity index is 1.86. The lowest BCUT2D eigenvalue weighted by Crippen LogP contribution is -2.33. The first-order valence-electron chi connectivity index (χ1n) is 9.06. The zero-order valence-corrected chi connectivity index (χ0v) is 15.1. The van der Waals surface area contributed by atoms with Gasteiger partial charge in [0.05, 0.1) is 12.2 Å². The molecule has 0 spiro atoms. The van der Waals surface area contributed by atoms with Crippen molar-refractivity contribution in [1.29, 1.82) is 0 Å². The first kappa shape index (κ1) is 16.0. The van der Waals surface area contributed by atoms with Crippen molar-refractivity contribution in [2.75, 3.05) is 18.6 Å². The summed E-state index contributed by atoms with van der Waals surface area (Å²) in [5.41, 5.74) is 5.16. The Bertz CT molecular complexity index is 867. The Morgan fingerprint density at radius 2 is 2.08 bits per heavy atom.